The van der Waals surface area contributed by atoms with E-state index in [0.717, 1.165) is 15.6 Å². The van der Waals surface area contributed by atoms with E-state index in [-0.39, 0.29) is 13.0 Å². The fourth-order valence-corrected chi connectivity index (χ4v) is 8.71. The maximum absolute atomic E-state index is 12.4. The van der Waals surface area contributed by atoms with Gasteiger partial charge in [0.1, 0.15) is 12.3 Å². The zero-order valence-electron chi connectivity index (χ0n) is 19.9. The Kier molecular flexibility index (Phi) is 6.84. The molecule has 0 radical (unpaired) electrons. The van der Waals surface area contributed by atoms with Gasteiger partial charge in [0, 0.05) is 18.2 Å². The fourth-order valence-electron chi connectivity index (χ4n) is 4.81. The Labute approximate surface area is 209 Å². The van der Waals surface area contributed by atoms with Gasteiger partial charge in [0.25, 0.3) is 13.9 Å². The summed E-state index contributed by atoms with van der Waals surface area (Å²) in [6.45, 7) is 1.76. The van der Waals surface area contributed by atoms with Crippen LogP contribution in [0.25, 0.3) is 0 Å². The summed E-state index contributed by atoms with van der Waals surface area (Å²) in [5.41, 5.74) is -0.596. The molecule has 1 aliphatic heterocycles. The Morgan fingerprint density at radius 1 is 0.917 bits per heavy atom. The number of hydrogen-bond acceptors (Lipinski definition) is 5. The molecule has 0 amide bonds. The van der Waals surface area contributed by atoms with Crippen LogP contribution in [-0.2, 0) is 9.16 Å². The van der Waals surface area contributed by atoms with Crippen LogP contribution in [0.1, 0.15) is 18.2 Å². The van der Waals surface area contributed by atoms with Crippen molar-refractivity contribution in [2.24, 2.45) is 0 Å². The number of rotatable bonds is 7. The minimum atomic E-state index is -2.96. The first-order chi connectivity index (χ1) is 17.5. The van der Waals surface area contributed by atoms with Crippen LogP contribution in [0, 0.1) is 6.92 Å². The largest absolute Gasteiger partial charge is 0.401 e. The van der Waals surface area contributed by atoms with Crippen molar-refractivity contribution in [1.29, 1.82) is 0 Å². The summed E-state index contributed by atoms with van der Waals surface area (Å²) < 4.78 is 14.4. The molecule has 0 aliphatic carbocycles. The maximum atomic E-state index is 12.4. The van der Waals surface area contributed by atoms with Crippen molar-refractivity contribution in [3.8, 4) is 0 Å². The number of aromatic nitrogens is 2. The molecule has 3 atom stereocenters. The van der Waals surface area contributed by atoms with Gasteiger partial charge in [-0.05, 0) is 22.5 Å². The van der Waals surface area contributed by atoms with E-state index in [2.05, 4.69) is 41.4 Å². The molecule has 8 heteroatoms. The zero-order chi connectivity index (χ0) is 25.1. The van der Waals surface area contributed by atoms with E-state index in [1.54, 1.807) is 6.92 Å². The SMILES string of the molecule is Cc1cn([C@H]2C[C@H](O)[C@@H](CO[Si](c3ccccc3)(c3ccccc3)c3ccccc3)O2)c(=O)[nH]c1=O. The highest BCUT2D eigenvalue weighted by Crippen LogP contribution is 2.28. The lowest BCUT2D eigenvalue weighted by molar-refractivity contribution is -0.0416. The van der Waals surface area contributed by atoms with Gasteiger partial charge in [-0.2, -0.15) is 0 Å². The maximum Gasteiger partial charge on any atom is 0.330 e. The zero-order valence-corrected chi connectivity index (χ0v) is 20.9. The van der Waals surface area contributed by atoms with Gasteiger partial charge in [-0.3, -0.25) is 14.3 Å². The summed E-state index contributed by atoms with van der Waals surface area (Å²) >= 11 is 0. The molecular formula is C28H28N2O5Si. The van der Waals surface area contributed by atoms with Gasteiger partial charge in [-0.15, -0.1) is 0 Å². The first kappa shape index (κ1) is 24.1. The van der Waals surface area contributed by atoms with E-state index in [0.29, 0.717) is 5.56 Å². The third kappa shape index (κ3) is 4.51. The molecule has 184 valence electrons. The van der Waals surface area contributed by atoms with Crippen molar-refractivity contribution in [2.45, 2.75) is 31.8 Å². The Balaban J connectivity index is 1.50. The van der Waals surface area contributed by atoms with Gasteiger partial charge in [-0.1, -0.05) is 91.0 Å². The van der Waals surface area contributed by atoms with Crippen molar-refractivity contribution in [1.82, 2.24) is 9.55 Å². The van der Waals surface area contributed by atoms with Crippen LogP contribution in [0.15, 0.2) is 107 Å². The number of aliphatic hydroxyl groups excluding tert-OH is 1. The molecule has 0 bridgehead atoms. The van der Waals surface area contributed by atoms with E-state index in [1.807, 2.05) is 54.6 Å². The highest BCUT2D eigenvalue weighted by atomic mass is 28.4. The number of aliphatic hydroxyl groups is 1. The van der Waals surface area contributed by atoms with E-state index in [9.17, 15) is 14.7 Å². The quantitative estimate of drug-likeness (QED) is 0.294. The average molecular weight is 501 g/mol. The number of hydrogen-bond donors (Lipinski definition) is 2. The minimum absolute atomic E-state index is 0.139. The highest BCUT2D eigenvalue weighted by molar-refractivity contribution is 7.07. The second-order valence-electron chi connectivity index (χ2n) is 9.00. The van der Waals surface area contributed by atoms with E-state index in [4.69, 9.17) is 9.16 Å². The summed E-state index contributed by atoms with van der Waals surface area (Å²) in [6, 6.07) is 30.5. The third-order valence-corrected chi connectivity index (χ3v) is 10.7. The molecule has 7 nitrogen and oxygen atoms in total. The molecule has 36 heavy (non-hydrogen) atoms. The van der Waals surface area contributed by atoms with Crippen molar-refractivity contribution >= 4 is 23.9 Å². The topological polar surface area (TPSA) is 93.6 Å². The van der Waals surface area contributed by atoms with E-state index < -0.39 is 38.0 Å². The second-order valence-corrected chi connectivity index (χ2v) is 12.4. The van der Waals surface area contributed by atoms with Gasteiger partial charge < -0.3 is 14.3 Å². The van der Waals surface area contributed by atoms with Crippen molar-refractivity contribution < 1.29 is 14.3 Å². The lowest BCUT2D eigenvalue weighted by atomic mass is 10.2. The Hall–Kier alpha value is -3.56. The predicted octanol–water partition coefficient (Wildman–Crippen LogP) is 1.18. The lowest BCUT2D eigenvalue weighted by Crippen LogP contribution is -2.70. The van der Waals surface area contributed by atoms with Crippen LogP contribution in [0.3, 0.4) is 0 Å². The van der Waals surface area contributed by atoms with Crippen LogP contribution in [0.5, 0.6) is 0 Å². The average Bonchev–Trinajstić information content (AvgIpc) is 3.28. The number of nitrogens with zero attached hydrogens (tertiary/aromatic N) is 1. The standard InChI is InChI=1S/C28H28N2O5Si/c1-20-18-30(28(33)29-27(20)32)26-17-24(31)25(35-26)19-34-36(21-11-5-2-6-12-21,22-13-7-3-8-14-22)23-15-9-4-10-16-23/h2-16,18,24-26,31H,17,19H2,1H3,(H,29,32,33)/t24-,25+,26+/m0/s1. The smallest absolute Gasteiger partial charge is 0.330 e. The van der Waals surface area contributed by atoms with Crippen molar-refractivity contribution in [2.75, 3.05) is 6.61 Å². The first-order valence-electron chi connectivity index (χ1n) is 11.9. The Morgan fingerprint density at radius 3 is 1.92 bits per heavy atom. The molecule has 1 aliphatic rings. The van der Waals surface area contributed by atoms with Crippen molar-refractivity contribution in [3.05, 3.63) is 124 Å². The molecule has 1 aromatic heterocycles. The molecule has 0 spiro atoms. The number of aryl methyl sites for hydroxylation is 1. The molecule has 1 saturated heterocycles. The van der Waals surface area contributed by atoms with Crippen LogP contribution in [0.4, 0.5) is 0 Å². The number of ether oxygens (including phenoxy) is 1. The second kappa shape index (κ2) is 10.2. The summed E-state index contributed by atoms with van der Waals surface area (Å²) in [5.74, 6) is 0. The van der Waals surface area contributed by atoms with Gasteiger partial charge in [-0.25, -0.2) is 4.79 Å². The molecule has 0 saturated carbocycles. The Bertz CT molecular complexity index is 1330. The molecule has 0 unspecified atom stereocenters. The predicted molar refractivity (Wildman–Crippen MR) is 141 cm³/mol. The van der Waals surface area contributed by atoms with E-state index >= 15 is 0 Å². The minimum Gasteiger partial charge on any atom is -0.401 e. The molecule has 1 fully saturated rings. The van der Waals surface area contributed by atoms with Gasteiger partial charge in [0.15, 0.2) is 0 Å². The monoisotopic (exact) mass is 500 g/mol. The van der Waals surface area contributed by atoms with Crippen LogP contribution < -0.4 is 26.8 Å². The van der Waals surface area contributed by atoms with Crippen molar-refractivity contribution in [3.63, 3.8) is 0 Å². The number of H-pyrrole nitrogens is 1. The summed E-state index contributed by atoms with van der Waals surface area (Å²) in [6.07, 6.45) is -0.479. The molecular weight excluding hydrogens is 472 g/mol. The van der Waals surface area contributed by atoms with Gasteiger partial charge in [0.2, 0.25) is 0 Å². The molecule has 4 aromatic rings. The summed E-state index contributed by atoms with van der Waals surface area (Å²) in [7, 11) is -2.96. The summed E-state index contributed by atoms with van der Waals surface area (Å²) in [4.78, 5) is 26.5. The van der Waals surface area contributed by atoms with E-state index in [1.165, 1.54) is 10.8 Å². The molecule has 2 heterocycles. The molecule has 3 aromatic carbocycles. The normalized spacial score (nSPS) is 19.9. The van der Waals surface area contributed by atoms with Crippen LogP contribution in [-0.4, -0.2) is 41.8 Å². The van der Waals surface area contributed by atoms with Crippen LogP contribution >= 0.6 is 0 Å². The highest BCUT2D eigenvalue weighted by Gasteiger charge is 2.44. The number of nitrogens with one attached hydrogen (secondary N) is 1. The van der Waals surface area contributed by atoms with Gasteiger partial charge in [0.05, 0.1) is 12.7 Å². The summed E-state index contributed by atoms with van der Waals surface area (Å²) in [5, 5.41) is 14.1. The fraction of sp³-hybridized carbons (Fsp3) is 0.214. The third-order valence-electron chi connectivity index (χ3n) is 6.67. The molecule has 2 N–H and O–H groups in total. The first-order valence-corrected chi connectivity index (χ1v) is 13.9. The Morgan fingerprint density at radius 2 is 1.42 bits per heavy atom. The molecule has 5 rings (SSSR count). The lowest BCUT2D eigenvalue weighted by Gasteiger charge is -2.34. The van der Waals surface area contributed by atoms with Gasteiger partial charge >= 0.3 is 5.69 Å². The van der Waals surface area contributed by atoms with Crippen LogP contribution in [0.2, 0.25) is 0 Å². The number of benzene rings is 3. The number of aromatic amines is 1.